The van der Waals surface area contributed by atoms with Gasteiger partial charge in [-0.25, -0.2) is 0 Å². The van der Waals surface area contributed by atoms with Gasteiger partial charge in [0.2, 0.25) is 11.8 Å². The van der Waals surface area contributed by atoms with Gasteiger partial charge < -0.3 is 15.0 Å². The minimum atomic E-state index is -0.244. The van der Waals surface area contributed by atoms with Crippen LogP contribution >= 0.6 is 0 Å². The van der Waals surface area contributed by atoms with Gasteiger partial charge in [0.15, 0.2) is 0 Å². The van der Waals surface area contributed by atoms with Crippen LogP contribution in [-0.2, 0) is 16.1 Å². The predicted molar refractivity (Wildman–Crippen MR) is 102 cm³/mol. The normalized spacial score (nSPS) is 17.2. The molecule has 0 saturated carbocycles. The number of methoxy groups -OCH3 is 1. The van der Waals surface area contributed by atoms with Crippen molar-refractivity contribution in [3.05, 3.63) is 42.0 Å². The maximum atomic E-state index is 12.4. The van der Waals surface area contributed by atoms with Crippen LogP contribution in [-0.4, -0.2) is 36.9 Å². The van der Waals surface area contributed by atoms with Crippen LogP contribution in [0.5, 0.6) is 5.75 Å². The molecular formula is C21H26N2O3. The summed E-state index contributed by atoms with van der Waals surface area (Å²) >= 11 is 0. The smallest absolute Gasteiger partial charge is 0.225 e. The number of ether oxygens (including phenoxy) is 1. The number of likely N-dealkylation sites (tertiary alicyclic amines) is 1. The number of nitrogens with one attached hydrogen (secondary N) is 1. The monoisotopic (exact) mass is 354 g/mol. The highest BCUT2D eigenvalue weighted by Crippen LogP contribution is 2.22. The topological polar surface area (TPSA) is 58.6 Å². The van der Waals surface area contributed by atoms with E-state index in [4.69, 9.17) is 4.74 Å². The second kappa shape index (κ2) is 7.77. The largest absolute Gasteiger partial charge is 0.497 e. The van der Waals surface area contributed by atoms with Gasteiger partial charge >= 0.3 is 0 Å². The second-order valence-electron chi connectivity index (χ2n) is 7.36. The minimum Gasteiger partial charge on any atom is -0.497 e. The Morgan fingerprint density at radius 3 is 2.69 bits per heavy atom. The zero-order valence-corrected chi connectivity index (χ0v) is 15.6. The number of rotatable bonds is 6. The van der Waals surface area contributed by atoms with E-state index in [1.165, 1.54) is 0 Å². The first-order valence-corrected chi connectivity index (χ1v) is 9.08. The molecule has 1 heterocycles. The SMILES string of the molecule is COc1ccc2cc(CNC(=O)C3CC(=O)N(CC(C)C)C3)ccc2c1. The van der Waals surface area contributed by atoms with Crippen molar-refractivity contribution >= 4 is 22.6 Å². The molecule has 2 amide bonds. The van der Waals surface area contributed by atoms with Crippen LogP contribution in [0.1, 0.15) is 25.8 Å². The van der Waals surface area contributed by atoms with Crippen molar-refractivity contribution in [3.63, 3.8) is 0 Å². The van der Waals surface area contributed by atoms with Gasteiger partial charge in [-0.1, -0.05) is 32.0 Å². The maximum absolute atomic E-state index is 12.4. The van der Waals surface area contributed by atoms with E-state index < -0.39 is 0 Å². The fourth-order valence-corrected chi connectivity index (χ4v) is 3.41. The van der Waals surface area contributed by atoms with Gasteiger partial charge in [-0.15, -0.1) is 0 Å². The molecule has 5 heteroatoms. The van der Waals surface area contributed by atoms with E-state index in [1.807, 2.05) is 30.3 Å². The molecule has 5 nitrogen and oxygen atoms in total. The zero-order valence-electron chi connectivity index (χ0n) is 15.6. The number of carbonyl (C=O) groups is 2. The molecule has 1 aliphatic heterocycles. The van der Waals surface area contributed by atoms with Gasteiger partial charge in [0.1, 0.15) is 5.75 Å². The number of amides is 2. The van der Waals surface area contributed by atoms with Crippen LogP contribution in [0.15, 0.2) is 36.4 Å². The van der Waals surface area contributed by atoms with Gasteiger partial charge in [0, 0.05) is 26.1 Å². The Balaban J connectivity index is 1.59. The first-order valence-electron chi connectivity index (χ1n) is 9.08. The average Bonchev–Trinajstić information content (AvgIpc) is 2.99. The molecule has 1 fully saturated rings. The van der Waals surface area contributed by atoms with E-state index in [0.29, 0.717) is 25.4 Å². The van der Waals surface area contributed by atoms with E-state index in [9.17, 15) is 9.59 Å². The first kappa shape index (κ1) is 18.2. The molecular weight excluding hydrogens is 328 g/mol. The number of hydrogen-bond acceptors (Lipinski definition) is 3. The first-order chi connectivity index (χ1) is 12.5. The second-order valence-corrected chi connectivity index (χ2v) is 7.36. The lowest BCUT2D eigenvalue weighted by Crippen LogP contribution is -2.33. The summed E-state index contributed by atoms with van der Waals surface area (Å²) in [6, 6.07) is 12.0. The summed E-state index contributed by atoms with van der Waals surface area (Å²) in [7, 11) is 1.65. The Bertz CT molecular complexity index is 816. The van der Waals surface area contributed by atoms with Crippen molar-refractivity contribution in [1.29, 1.82) is 0 Å². The third kappa shape index (κ3) is 4.15. The summed E-state index contributed by atoms with van der Waals surface area (Å²) in [5.74, 6) is 1.04. The average molecular weight is 354 g/mol. The van der Waals surface area contributed by atoms with E-state index in [2.05, 4.69) is 25.2 Å². The van der Waals surface area contributed by atoms with Crippen LogP contribution in [0.2, 0.25) is 0 Å². The van der Waals surface area contributed by atoms with Crippen LogP contribution in [0.3, 0.4) is 0 Å². The molecule has 0 spiro atoms. The van der Waals surface area contributed by atoms with Crippen LogP contribution in [0.25, 0.3) is 10.8 Å². The fourth-order valence-electron chi connectivity index (χ4n) is 3.41. The van der Waals surface area contributed by atoms with Crippen LogP contribution in [0, 0.1) is 11.8 Å². The number of benzene rings is 2. The molecule has 1 aliphatic rings. The quantitative estimate of drug-likeness (QED) is 0.868. The molecule has 3 rings (SSSR count). The molecule has 26 heavy (non-hydrogen) atoms. The van der Waals surface area contributed by atoms with Crippen LogP contribution in [0.4, 0.5) is 0 Å². The molecule has 1 saturated heterocycles. The Hall–Kier alpha value is -2.56. The highest BCUT2D eigenvalue weighted by molar-refractivity contribution is 5.89. The lowest BCUT2D eigenvalue weighted by Gasteiger charge is -2.18. The lowest BCUT2D eigenvalue weighted by atomic mass is 10.1. The van der Waals surface area contributed by atoms with Gasteiger partial charge in [0.05, 0.1) is 13.0 Å². The van der Waals surface area contributed by atoms with Gasteiger partial charge in [-0.3, -0.25) is 9.59 Å². The summed E-state index contributed by atoms with van der Waals surface area (Å²) in [4.78, 5) is 26.3. The summed E-state index contributed by atoms with van der Waals surface area (Å²) in [6.07, 6.45) is 0.316. The third-order valence-electron chi connectivity index (χ3n) is 4.75. The molecule has 0 aliphatic carbocycles. The Kier molecular flexibility index (Phi) is 5.45. The number of fused-ring (bicyclic) bond motifs is 1. The highest BCUT2D eigenvalue weighted by atomic mass is 16.5. The van der Waals surface area contributed by atoms with E-state index in [-0.39, 0.29) is 17.7 Å². The minimum absolute atomic E-state index is 0.0422. The molecule has 2 aromatic rings. The Labute approximate surface area is 154 Å². The van der Waals surface area contributed by atoms with Gasteiger partial charge in [0.25, 0.3) is 0 Å². The summed E-state index contributed by atoms with van der Waals surface area (Å²) in [5.41, 5.74) is 1.04. The third-order valence-corrected chi connectivity index (χ3v) is 4.75. The van der Waals surface area contributed by atoms with Crippen molar-refractivity contribution in [2.24, 2.45) is 11.8 Å². The van der Waals surface area contributed by atoms with Gasteiger partial charge in [-0.2, -0.15) is 0 Å². The molecule has 1 unspecified atom stereocenters. The Morgan fingerprint density at radius 1 is 1.23 bits per heavy atom. The summed E-state index contributed by atoms with van der Waals surface area (Å²) in [6.45, 7) is 5.87. The molecule has 2 aromatic carbocycles. The standard InChI is InChI=1S/C21H26N2O3/c1-14(2)12-23-13-18(10-20(23)24)21(25)22-11-15-4-5-17-9-19(26-3)7-6-16(17)8-15/h4-9,14,18H,10-13H2,1-3H3,(H,22,25). The summed E-state index contributed by atoms with van der Waals surface area (Å²) < 4.78 is 5.24. The van der Waals surface area contributed by atoms with Gasteiger partial charge in [-0.05, 0) is 40.5 Å². The van der Waals surface area contributed by atoms with Crippen molar-refractivity contribution in [2.45, 2.75) is 26.8 Å². The van der Waals surface area contributed by atoms with Crippen LogP contribution < -0.4 is 10.1 Å². The lowest BCUT2D eigenvalue weighted by molar-refractivity contribution is -0.129. The van der Waals surface area contributed by atoms with E-state index in [1.54, 1.807) is 12.0 Å². The summed E-state index contributed by atoms with van der Waals surface area (Å²) in [5, 5.41) is 5.19. The molecule has 0 bridgehead atoms. The van der Waals surface area contributed by atoms with E-state index in [0.717, 1.165) is 28.6 Å². The number of nitrogens with zero attached hydrogens (tertiary/aromatic N) is 1. The van der Waals surface area contributed by atoms with Crippen molar-refractivity contribution in [1.82, 2.24) is 10.2 Å². The Morgan fingerprint density at radius 2 is 1.96 bits per heavy atom. The number of hydrogen-bond donors (Lipinski definition) is 1. The molecule has 0 aromatic heterocycles. The zero-order chi connectivity index (χ0) is 18.7. The number of carbonyl (C=O) groups excluding carboxylic acids is 2. The highest BCUT2D eigenvalue weighted by Gasteiger charge is 2.34. The van der Waals surface area contributed by atoms with Crippen molar-refractivity contribution in [2.75, 3.05) is 20.2 Å². The molecule has 1 atom stereocenters. The molecule has 1 N–H and O–H groups in total. The van der Waals surface area contributed by atoms with E-state index >= 15 is 0 Å². The fraction of sp³-hybridized carbons (Fsp3) is 0.429. The van der Waals surface area contributed by atoms with Crippen molar-refractivity contribution in [3.8, 4) is 5.75 Å². The molecule has 0 radical (unpaired) electrons. The predicted octanol–water partition coefficient (Wildman–Crippen LogP) is 2.97. The molecule has 138 valence electrons. The maximum Gasteiger partial charge on any atom is 0.225 e. The van der Waals surface area contributed by atoms with Crippen molar-refractivity contribution < 1.29 is 14.3 Å².